The second kappa shape index (κ2) is 9.43. The molecule has 3 aliphatic carbocycles. The molecule has 5 rings (SSSR count). The average molecular weight is 515 g/mol. The summed E-state index contributed by atoms with van der Waals surface area (Å²) >= 11 is 0. The van der Waals surface area contributed by atoms with Crippen LogP contribution in [0.5, 0.6) is 5.75 Å². The van der Waals surface area contributed by atoms with Gasteiger partial charge in [-0.2, -0.15) is 8.78 Å². The number of halogens is 2. The predicted molar refractivity (Wildman–Crippen MR) is 126 cm³/mol. The summed E-state index contributed by atoms with van der Waals surface area (Å²) in [5.74, 6) is -5.50. The van der Waals surface area contributed by atoms with Crippen LogP contribution in [0.25, 0.3) is 0 Å². The van der Waals surface area contributed by atoms with Crippen molar-refractivity contribution in [2.75, 3.05) is 0 Å². The van der Waals surface area contributed by atoms with Gasteiger partial charge in [0, 0.05) is 5.92 Å². The molecule has 0 amide bonds. The van der Waals surface area contributed by atoms with Crippen molar-refractivity contribution >= 4 is 18.1 Å². The molecule has 3 fully saturated rings. The number of carboxylic acid groups (broad SMARTS) is 1. The van der Waals surface area contributed by atoms with Crippen LogP contribution in [0, 0.1) is 23.7 Å². The molecule has 0 radical (unpaired) electrons. The Morgan fingerprint density at radius 1 is 1.03 bits per heavy atom. The van der Waals surface area contributed by atoms with Gasteiger partial charge < -0.3 is 19.3 Å². The highest BCUT2D eigenvalue weighted by atomic mass is 19.3. The van der Waals surface area contributed by atoms with Crippen molar-refractivity contribution in [2.24, 2.45) is 23.7 Å². The molecule has 3 saturated carbocycles. The summed E-state index contributed by atoms with van der Waals surface area (Å²) in [5, 5.41) is 8.97. The van der Waals surface area contributed by atoms with Gasteiger partial charge >= 0.3 is 24.0 Å². The molecular formula is C28H28F2O7. The third-order valence-corrected chi connectivity index (χ3v) is 8.31. The summed E-state index contributed by atoms with van der Waals surface area (Å²) in [6.45, 7) is 1.97. The van der Waals surface area contributed by atoms with Gasteiger partial charge in [-0.25, -0.2) is 14.4 Å². The monoisotopic (exact) mass is 514 g/mol. The largest absolute Gasteiger partial charge is 0.514 e. The van der Waals surface area contributed by atoms with Crippen molar-refractivity contribution in [3.05, 3.63) is 65.7 Å². The van der Waals surface area contributed by atoms with Gasteiger partial charge in [-0.1, -0.05) is 36.8 Å². The first-order valence-electron chi connectivity index (χ1n) is 12.5. The number of ether oxygens (including phenoxy) is 3. The first-order chi connectivity index (χ1) is 17.6. The lowest BCUT2D eigenvalue weighted by atomic mass is 9.74. The Morgan fingerprint density at radius 2 is 1.70 bits per heavy atom. The fraction of sp³-hybridized carbons (Fsp3) is 0.464. The Kier molecular flexibility index (Phi) is 6.41. The molecule has 0 spiro atoms. The predicted octanol–water partition coefficient (Wildman–Crippen LogP) is 6.03. The summed E-state index contributed by atoms with van der Waals surface area (Å²) < 4.78 is 44.8. The van der Waals surface area contributed by atoms with Gasteiger partial charge in [0.15, 0.2) is 0 Å². The maximum atomic E-state index is 14.4. The molecule has 2 aromatic rings. The number of carbonyl (C=O) groups excluding carboxylic acids is 2. The van der Waals surface area contributed by atoms with E-state index in [2.05, 4.69) is 0 Å². The number of hydrogen-bond donors (Lipinski definition) is 1. The van der Waals surface area contributed by atoms with Crippen molar-refractivity contribution in [1.82, 2.24) is 0 Å². The minimum absolute atomic E-state index is 0.113. The second-order valence-electron chi connectivity index (χ2n) is 10.5. The number of carboxylic acids is 1. The molecule has 1 N–H and O–H groups in total. The smallest absolute Gasteiger partial charge is 0.477 e. The van der Waals surface area contributed by atoms with Crippen LogP contribution in [0.2, 0.25) is 0 Å². The highest BCUT2D eigenvalue weighted by Gasteiger charge is 2.61. The normalized spacial score (nSPS) is 28.8. The van der Waals surface area contributed by atoms with Crippen LogP contribution >= 0.6 is 0 Å². The van der Waals surface area contributed by atoms with Crippen molar-refractivity contribution in [3.8, 4) is 5.75 Å². The zero-order valence-corrected chi connectivity index (χ0v) is 20.3. The molecule has 37 heavy (non-hydrogen) atoms. The van der Waals surface area contributed by atoms with Crippen molar-refractivity contribution < 1.29 is 42.5 Å². The van der Waals surface area contributed by atoms with Crippen LogP contribution in [-0.2, 0) is 14.3 Å². The Balaban J connectivity index is 1.22. The standard InChI is InChI=1S/C28H28F2O7/c1-27(15-18-14-22(27)21-9-5-8-20(18)21)37-26(34)35-19-12-10-17(11-13-19)24(31)36-23(28(29,30)25(32)33)16-6-3-2-4-7-16/h2-4,6-7,10-13,18,20-23H,5,8-9,14-15H2,1H3,(H,32,33). The van der Waals surface area contributed by atoms with E-state index in [9.17, 15) is 23.2 Å². The van der Waals surface area contributed by atoms with E-state index in [4.69, 9.17) is 19.3 Å². The molecule has 0 aliphatic heterocycles. The van der Waals surface area contributed by atoms with Crippen LogP contribution in [0.15, 0.2) is 54.6 Å². The SMILES string of the molecule is CC1(OC(=O)Oc2ccc(C(=O)OC(c3ccccc3)C(F)(F)C(=O)O)cc2)CC2CC1C1CCCC21. The number of carbonyl (C=O) groups is 3. The van der Waals surface area contributed by atoms with E-state index >= 15 is 0 Å². The van der Waals surface area contributed by atoms with Gasteiger partial charge in [0.2, 0.25) is 6.10 Å². The number of aliphatic carboxylic acids is 1. The lowest BCUT2D eigenvalue weighted by Gasteiger charge is -2.39. The van der Waals surface area contributed by atoms with Crippen LogP contribution in [0.3, 0.4) is 0 Å². The molecule has 9 heteroatoms. The Hall–Kier alpha value is -3.49. The number of fused-ring (bicyclic) bond motifs is 5. The maximum Gasteiger partial charge on any atom is 0.514 e. The molecule has 0 saturated heterocycles. The zero-order valence-electron chi connectivity index (χ0n) is 20.3. The molecule has 2 bridgehead atoms. The molecule has 0 aromatic heterocycles. The van der Waals surface area contributed by atoms with Crippen molar-refractivity contribution in [2.45, 2.75) is 56.7 Å². The van der Waals surface area contributed by atoms with Gasteiger partial charge in [0.1, 0.15) is 11.4 Å². The van der Waals surface area contributed by atoms with E-state index in [1.165, 1.54) is 67.8 Å². The molecule has 6 atom stereocenters. The lowest BCUT2D eigenvalue weighted by molar-refractivity contribution is -0.183. The number of rotatable bonds is 7. The molecule has 3 aliphatic rings. The van der Waals surface area contributed by atoms with E-state index in [1.807, 2.05) is 6.92 Å². The van der Waals surface area contributed by atoms with Gasteiger partial charge in [-0.3, -0.25) is 0 Å². The van der Waals surface area contributed by atoms with Crippen LogP contribution in [0.1, 0.15) is 61.1 Å². The summed E-state index contributed by atoms with van der Waals surface area (Å²) in [6, 6.07) is 12.1. The zero-order chi connectivity index (χ0) is 26.4. The van der Waals surface area contributed by atoms with E-state index in [1.54, 1.807) is 6.07 Å². The highest BCUT2D eigenvalue weighted by Crippen LogP contribution is 2.63. The number of esters is 1. The molecule has 7 nitrogen and oxygen atoms in total. The first-order valence-corrected chi connectivity index (χ1v) is 12.5. The minimum atomic E-state index is -4.35. The Bertz CT molecular complexity index is 1180. The van der Waals surface area contributed by atoms with Gasteiger partial charge in [-0.05, 0) is 80.2 Å². The van der Waals surface area contributed by atoms with Crippen molar-refractivity contribution in [3.63, 3.8) is 0 Å². The van der Waals surface area contributed by atoms with Crippen LogP contribution in [0.4, 0.5) is 13.6 Å². The minimum Gasteiger partial charge on any atom is -0.477 e. The Morgan fingerprint density at radius 3 is 2.38 bits per heavy atom. The molecule has 2 aromatic carbocycles. The molecule has 0 heterocycles. The van der Waals surface area contributed by atoms with Crippen LogP contribution < -0.4 is 4.74 Å². The number of alkyl halides is 2. The van der Waals surface area contributed by atoms with Crippen LogP contribution in [-0.4, -0.2) is 34.7 Å². The highest BCUT2D eigenvalue weighted by molar-refractivity contribution is 5.90. The summed E-state index contributed by atoms with van der Waals surface area (Å²) in [6.07, 6.45) is 2.44. The Labute approximate surface area is 212 Å². The number of hydrogen-bond acceptors (Lipinski definition) is 6. The fourth-order valence-electron chi connectivity index (χ4n) is 6.74. The first kappa shape index (κ1) is 25.2. The molecule has 196 valence electrons. The third kappa shape index (κ3) is 4.67. The summed E-state index contributed by atoms with van der Waals surface area (Å²) in [4.78, 5) is 36.3. The van der Waals surface area contributed by atoms with E-state index < -0.39 is 35.7 Å². The number of benzene rings is 2. The molecule has 6 unspecified atom stereocenters. The lowest BCUT2D eigenvalue weighted by Crippen LogP contribution is -2.43. The third-order valence-electron chi connectivity index (χ3n) is 8.31. The van der Waals surface area contributed by atoms with E-state index in [0.29, 0.717) is 17.8 Å². The summed E-state index contributed by atoms with van der Waals surface area (Å²) in [7, 11) is 0. The quantitative estimate of drug-likeness (QED) is 0.356. The van der Waals surface area contributed by atoms with Gasteiger partial charge in [-0.15, -0.1) is 0 Å². The van der Waals surface area contributed by atoms with Gasteiger partial charge in [0.05, 0.1) is 5.56 Å². The summed E-state index contributed by atoms with van der Waals surface area (Å²) in [5.41, 5.74) is -0.835. The second-order valence-corrected chi connectivity index (χ2v) is 10.5. The van der Waals surface area contributed by atoms with E-state index in [0.717, 1.165) is 18.8 Å². The van der Waals surface area contributed by atoms with E-state index in [-0.39, 0.29) is 16.9 Å². The average Bonchev–Trinajstić information content (AvgIpc) is 3.55. The van der Waals surface area contributed by atoms with Gasteiger partial charge in [0.25, 0.3) is 0 Å². The topological polar surface area (TPSA) is 99.1 Å². The maximum absolute atomic E-state index is 14.4. The fourth-order valence-corrected chi connectivity index (χ4v) is 6.74. The van der Waals surface area contributed by atoms with Crippen molar-refractivity contribution in [1.29, 1.82) is 0 Å². The molecular weight excluding hydrogens is 486 g/mol.